The molecule has 2 aromatic carbocycles. The molecule has 0 bridgehead atoms. The fourth-order valence-electron chi connectivity index (χ4n) is 3.69. The average molecular weight is 478 g/mol. The van der Waals surface area contributed by atoms with Crippen LogP contribution >= 0.6 is 0 Å². The fraction of sp³-hybridized carbons (Fsp3) is 0.273. The SMILES string of the molecule is Cn1cc2c3cc(C(=O)N=S(C)(=O)CCCO)ccc3n(-c3ccc(C(F)(F)F)cc3)c2n1. The maximum absolute atomic E-state index is 13.0. The van der Waals surface area contributed by atoms with Crippen LogP contribution in [0.25, 0.3) is 27.6 Å². The van der Waals surface area contributed by atoms with Gasteiger partial charge in [0.15, 0.2) is 5.65 Å². The van der Waals surface area contributed by atoms with E-state index in [1.807, 2.05) is 0 Å². The smallest absolute Gasteiger partial charge is 0.396 e. The van der Waals surface area contributed by atoms with Gasteiger partial charge in [0.05, 0.1) is 20.8 Å². The Labute approximate surface area is 187 Å². The highest BCUT2D eigenvalue weighted by molar-refractivity contribution is 7.93. The standard InChI is InChI=1S/C22H21F3N4O3S/c1-28-13-18-17-12-14(21(31)27-33(2,32)11-3-10-30)4-9-19(17)29(20(18)26-28)16-7-5-15(6-8-16)22(23,24)25/h4-9,12-13,30H,3,10-11H2,1-2H3. The Kier molecular flexibility index (Phi) is 5.79. The normalized spacial score (nSPS) is 14.0. The molecule has 0 aliphatic heterocycles. The van der Waals surface area contributed by atoms with Gasteiger partial charge in [-0.25, -0.2) is 4.21 Å². The van der Waals surface area contributed by atoms with E-state index >= 15 is 0 Å². The molecule has 11 heteroatoms. The Hall–Kier alpha value is -3.18. The predicted octanol–water partition coefficient (Wildman–Crippen LogP) is 4.16. The van der Waals surface area contributed by atoms with Crippen molar-refractivity contribution in [2.24, 2.45) is 11.4 Å². The number of rotatable bonds is 5. The third-order valence-corrected chi connectivity index (χ3v) is 6.80. The largest absolute Gasteiger partial charge is 0.416 e. The summed E-state index contributed by atoms with van der Waals surface area (Å²) in [6.45, 7) is -0.142. The molecule has 4 aromatic rings. The van der Waals surface area contributed by atoms with Gasteiger partial charge >= 0.3 is 6.18 Å². The Morgan fingerprint density at radius 3 is 2.48 bits per heavy atom. The second-order valence-corrected chi connectivity index (χ2v) is 10.3. The molecule has 2 aromatic heterocycles. The van der Waals surface area contributed by atoms with E-state index in [9.17, 15) is 22.2 Å². The number of carbonyl (C=O) groups is 1. The van der Waals surface area contributed by atoms with Crippen LogP contribution in [0.4, 0.5) is 13.2 Å². The molecule has 0 aliphatic rings. The highest BCUT2D eigenvalue weighted by Crippen LogP contribution is 2.34. The van der Waals surface area contributed by atoms with Crippen molar-refractivity contribution in [2.75, 3.05) is 18.6 Å². The summed E-state index contributed by atoms with van der Waals surface area (Å²) in [5.41, 5.74) is 1.15. The first-order valence-electron chi connectivity index (χ1n) is 10.0. The van der Waals surface area contributed by atoms with E-state index in [1.165, 1.54) is 24.5 Å². The molecule has 1 N–H and O–H groups in total. The van der Waals surface area contributed by atoms with Gasteiger partial charge < -0.3 is 5.11 Å². The van der Waals surface area contributed by atoms with Gasteiger partial charge in [-0.2, -0.15) is 22.6 Å². The number of alkyl halides is 3. The molecule has 4 rings (SSSR count). The number of aliphatic hydroxyl groups is 1. The molecule has 174 valence electrons. The van der Waals surface area contributed by atoms with Crippen molar-refractivity contribution in [2.45, 2.75) is 12.6 Å². The van der Waals surface area contributed by atoms with Crippen LogP contribution in [0.5, 0.6) is 0 Å². The molecule has 0 aliphatic carbocycles. The number of hydrogen-bond donors (Lipinski definition) is 1. The minimum absolute atomic E-state index is 0.106. The third kappa shape index (κ3) is 4.51. The molecule has 1 atom stereocenters. The molecule has 0 spiro atoms. The molecule has 2 heterocycles. The summed E-state index contributed by atoms with van der Waals surface area (Å²) in [7, 11) is -1.06. The second kappa shape index (κ2) is 8.31. The van der Waals surface area contributed by atoms with Gasteiger partial charge in [-0.3, -0.25) is 14.0 Å². The van der Waals surface area contributed by atoms with Gasteiger partial charge in [0.1, 0.15) is 0 Å². The van der Waals surface area contributed by atoms with E-state index in [4.69, 9.17) is 5.11 Å². The lowest BCUT2D eigenvalue weighted by atomic mass is 10.1. The monoisotopic (exact) mass is 478 g/mol. The van der Waals surface area contributed by atoms with E-state index in [1.54, 1.807) is 34.6 Å². The van der Waals surface area contributed by atoms with Crippen molar-refractivity contribution < 1.29 is 27.3 Å². The summed E-state index contributed by atoms with van der Waals surface area (Å²) < 4.78 is 58.6. The zero-order chi connectivity index (χ0) is 24.0. The molecule has 0 saturated heterocycles. The number of halogens is 3. The van der Waals surface area contributed by atoms with E-state index in [0.29, 0.717) is 27.6 Å². The number of carbonyl (C=O) groups excluding carboxylic acids is 1. The van der Waals surface area contributed by atoms with E-state index in [2.05, 4.69) is 9.46 Å². The molecule has 0 fully saturated rings. The van der Waals surface area contributed by atoms with Crippen molar-refractivity contribution in [3.8, 4) is 5.69 Å². The second-order valence-electron chi connectivity index (χ2n) is 7.79. The van der Waals surface area contributed by atoms with Gasteiger partial charge in [0.2, 0.25) is 0 Å². The van der Waals surface area contributed by atoms with E-state index < -0.39 is 27.4 Å². The lowest BCUT2D eigenvalue weighted by Crippen LogP contribution is -2.08. The summed E-state index contributed by atoms with van der Waals surface area (Å²) in [4.78, 5) is 12.7. The molecular formula is C22H21F3N4O3S. The number of nitrogens with zero attached hydrogens (tertiary/aromatic N) is 4. The van der Waals surface area contributed by atoms with Crippen LogP contribution in [0.15, 0.2) is 53.0 Å². The third-order valence-electron chi connectivity index (χ3n) is 5.21. The highest BCUT2D eigenvalue weighted by atomic mass is 32.2. The highest BCUT2D eigenvalue weighted by Gasteiger charge is 2.30. The Bertz CT molecular complexity index is 1480. The summed E-state index contributed by atoms with van der Waals surface area (Å²) >= 11 is 0. The zero-order valence-corrected chi connectivity index (χ0v) is 18.7. The van der Waals surface area contributed by atoms with Gasteiger partial charge in [-0.1, -0.05) is 0 Å². The van der Waals surface area contributed by atoms with E-state index in [-0.39, 0.29) is 24.3 Å². The van der Waals surface area contributed by atoms with Gasteiger partial charge in [-0.15, -0.1) is 0 Å². The quantitative estimate of drug-likeness (QED) is 0.467. The van der Waals surface area contributed by atoms with Crippen LogP contribution in [0.3, 0.4) is 0 Å². The topological polar surface area (TPSA) is 89.5 Å². The first-order chi connectivity index (χ1) is 15.5. The van der Waals surface area contributed by atoms with Crippen LogP contribution in [0.1, 0.15) is 22.3 Å². The fourth-order valence-corrected chi connectivity index (χ4v) is 4.90. The van der Waals surface area contributed by atoms with Crippen LogP contribution in [-0.4, -0.2) is 48.2 Å². The van der Waals surface area contributed by atoms with Crippen LogP contribution in [0, 0.1) is 0 Å². The van der Waals surface area contributed by atoms with Crippen molar-refractivity contribution in [1.82, 2.24) is 14.3 Å². The van der Waals surface area contributed by atoms with Gasteiger partial charge in [-0.05, 0) is 48.9 Å². The summed E-state index contributed by atoms with van der Waals surface area (Å²) in [6.07, 6.45) is -1.03. The lowest BCUT2D eigenvalue weighted by Gasteiger charge is -2.10. The minimum atomic E-state index is -4.44. The Morgan fingerprint density at radius 1 is 1.15 bits per heavy atom. The first-order valence-corrected chi connectivity index (χ1v) is 12.1. The number of aromatic nitrogens is 3. The molecule has 0 radical (unpaired) electrons. The molecular weight excluding hydrogens is 457 g/mol. The summed E-state index contributed by atoms with van der Waals surface area (Å²) in [5.74, 6) is -0.532. The maximum Gasteiger partial charge on any atom is 0.416 e. The van der Waals surface area contributed by atoms with Crippen molar-refractivity contribution >= 4 is 37.6 Å². The number of aryl methyl sites for hydroxylation is 1. The van der Waals surface area contributed by atoms with Crippen molar-refractivity contribution in [3.63, 3.8) is 0 Å². The number of hydrogen-bond acceptors (Lipinski definition) is 4. The number of fused-ring (bicyclic) bond motifs is 3. The first kappa shape index (κ1) is 23.0. The molecule has 0 saturated carbocycles. The van der Waals surface area contributed by atoms with Gasteiger partial charge in [0.25, 0.3) is 5.91 Å². The Morgan fingerprint density at radius 2 is 1.85 bits per heavy atom. The zero-order valence-electron chi connectivity index (χ0n) is 17.8. The maximum atomic E-state index is 13.0. The lowest BCUT2D eigenvalue weighted by molar-refractivity contribution is -0.137. The number of amides is 1. The van der Waals surface area contributed by atoms with Crippen LogP contribution in [0.2, 0.25) is 0 Å². The van der Waals surface area contributed by atoms with Crippen molar-refractivity contribution in [3.05, 3.63) is 59.8 Å². The molecule has 1 unspecified atom stereocenters. The summed E-state index contributed by atoms with van der Waals surface area (Å²) in [5, 5.41) is 14.8. The van der Waals surface area contributed by atoms with E-state index in [0.717, 1.165) is 12.1 Å². The molecule has 1 amide bonds. The van der Waals surface area contributed by atoms with Gasteiger partial charge in [0, 0.05) is 53.9 Å². The van der Waals surface area contributed by atoms with Crippen LogP contribution in [-0.2, 0) is 23.0 Å². The number of benzene rings is 2. The molecule has 7 nitrogen and oxygen atoms in total. The Balaban J connectivity index is 1.84. The van der Waals surface area contributed by atoms with Crippen LogP contribution < -0.4 is 0 Å². The number of aliphatic hydroxyl groups excluding tert-OH is 1. The molecule has 33 heavy (non-hydrogen) atoms. The minimum Gasteiger partial charge on any atom is -0.396 e. The average Bonchev–Trinajstić information content (AvgIpc) is 3.25. The van der Waals surface area contributed by atoms with Crippen molar-refractivity contribution in [1.29, 1.82) is 0 Å². The predicted molar refractivity (Wildman–Crippen MR) is 120 cm³/mol. The summed E-state index contributed by atoms with van der Waals surface area (Å²) in [6, 6.07) is 9.59.